The molecule has 0 bridgehead atoms. The average Bonchev–Trinajstić information content (AvgIpc) is 3.03. The van der Waals surface area contributed by atoms with E-state index in [9.17, 15) is 9.59 Å². The maximum atomic E-state index is 12.5. The number of rotatable bonds is 5. The highest BCUT2D eigenvalue weighted by Crippen LogP contribution is 2.39. The zero-order valence-corrected chi connectivity index (χ0v) is 18.7. The first-order valence-electron chi connectivity index (χ1n) is 10.2. The number of carbonyl (C=O) groups is 2. The summed E-state index contributed by atoms with van der Waals surface area (Å²) in [5.41, 5.74) is -1.28. The molecule has 0 aromatic heterocycles. The van der Waals surface area contributed by atoms with Gasteiger partial charge in [-0.25, -0.2) is 9.59 Å². The summed E-state index contributed by atoms with van der Waals surface area (Å²) in [6, 6.07) is -0.599. The Hall–Kier alpha value is -1.28. The van der Waals surface area contributed by atoms with Gasteiger partial charge < -0.3 is 18.8 Å². The fraction of sp³-hybridized carbons (Fsp3) is 0.900. The highest BCUT2D eigenvalue weighted by Gasteiger charge is 2.51. The van der Waals surface area contributed by atoms with Crippen LogP contribution in [-0.2, 0) is 23.6 Å². The van der Waals surface area contributed by atoms with Crippen molar-refractivity contribution in [3.8, 4) is 0 Å². The van der Waals surface area contributed by atoms with Crippen LogP contribution in [0.3, 0.4) is 0 Å². The lowest BCUT2D eigenvalue weighted by Crippen LogP contribution is -2.46. The molecule has 2 unspecified atom stereocenters. The summed E-state index contributed by atoms with van der Waals surface area (Å²) in [4.78, 5) is 26.4. The molecule has 0 N–H and O–H groups in total. The van der Waals surface area contributed by atoms with Crippen molar-refractivity contribution in [2.24, 2.45) is 5.92 Å². The lowest BCUT2D eigenvalue weighted by Gasteiger charge is -2.32. The van der Waals surface area contributed by atoms with Crippen molar-refractivity contribution in [3.05, 3.63) is 0 Å². The first kappa shape index (κ1) is 23.0. The minimum atomic E-state index is -0.605. The number of hydrogen-bond acceptors (Lipinski definition) is 6. The molecule has 1 amide bonds. The van der Waals surface area contributed by atoms with Gasteiger partial charge in [-0.3, -0.25) is 4.90 Å². The van der Waals surface area contributed by atoms with Gasteiger partial charge in [0.15, 0.2) is 0 Å². The van der Waals surface area contributed by atoms with Gasteiger partial charge >= 0.3 is 19.2 Å². The van der Waals surface area contributed by atoms with E-state index in [1.54, 1.807) is 0 Å². The molecule has 2 saturated heterocycles. The Kier molecular flexibility index (Phi) is 6.76. The molecule has 2 atom stereocenters. The van der Waals surface area contributed by atoms with E-state index < -0.39 is 17.7 Å². The van der Waals surface area contributed by atoms with Crippen LogP contribution in [0.2, 0.25) is 6.32 Å². The predicted octanol–water partition coefficient (Wildman–Crippen LogP) is 3.66. The Balaban J connectivity index is 1.94. The molecule has 28 heavy (non-hydrogen) atoms. The number of carbonyl (C=O) groups excluding carboxylic acids is 2. The number of methoxy groups -OCH3 is 1. The summed E-state index contributed by atoms with van der Waals surface area (Å²) in [7, 11) is 1.11. The van der Waals surface area contributed by atoms with Crippen LogP contribution in [0.25, 0.3) is 0 Å². The summed E-state index contributed by atoms with van der Waals surface area (Å²) in [6.07, 6.45) is 2.68. The van der Waals surface area contributed by atoms with E-state index in [0.29, 0.717) is 6.54 Å². The Bertz CT molecular complexity index is 570. The van der Waals surface area contributed by atoms with Crippen molar-refractivity contribution in [1.82, 2.24) is 4.90 Å². The molecule has 2 heterocycles. The van der Waals surface area contributed by atoms with Gasteiger partial charge in [-0.1, -0.05) is 6.42 Å². The summed E-state index contributed by atoms with van der Waals surface area (Å²) in [6.45, 7) is 14.1. The Labute approximate surface area is 169 Å². The van der Waals surface area contributed by atoms with Crippen molar-refractivity contribution >= 4 is 19.2 Å². The maximum absolute atomic E-state index is 12.5. The highest BCUT2D eigenvalue weighted by atomic mass is 16.7. The number of amides is 1. The van der Waals surface area contributed by atoms with Gasteiger partial charge in [0, 0.05) is 6.54 Å². The van der Waals surface area contributed by atoms with Gasteiger partial charge in [-0.15, -0.1) is 0 Å². The van der Waals surface area contributed by atoms with Gasteiger partial charge in [0.1, 0.15) is 11.6 Å². The van der Waals surface area contributed by atoms with E-state index in [-0.39, 0.29) is 30.2 Å². The van der Waals surface area contributed by atoms with E-state index in [1.807, 2.05) is 48.5 Å². The van der Waals surface area contributed by atoms with E-state index in [1.165, 1.54) is 12.0 Å². The molecule has 2 fully saturated rings. The highest BCUT2D eigenvalue weighted by molar-refractivity contribution is 6.45. The average molecular weight is 397 g/mol. The molecule has 0 saturated carbocycles. The third-order valence-electron chi connectivity index (χ3n) is 5.91. The van der Waals surface area contributed by atoms with Crippen LogP contribution in [0.5, 0.6) is 0 Å². The Morgan fingerprint density at radius 3 is 2.21 bits per heavy atom. The molecule has 8 heteroatoms. The summed E-state index contributed by atoms with van der Waals surface area (Å²) in [5, 5.41) is 0. The molecular weight excluding hydrogens is 361 g/mol. The third kappa shape index (κ3) is 5.20. The van der Waals surface area contributed by atoms with E-state index in [4.69, 9.17) is 18.8 Å². The summed E-state index contributed by atoms with van der Waals surface area (Å²) < 4.78 is 22.5. The number of likely N-dealkylation sites (tertiary alicyclic amines) is 1. The lowest BCUT2D eigenvalue weighted by molar-refractivity contribution is -0.147. The largest absolute Gasteiger partial charge is 0.467 e. The van der Waals surface area contributed by atoms with Crippen molar-refractivity contribution in [1.29, 1.82) is 0 Å². The fourth-order valence-corrected chi connectivity index (χ4v) is 3.75. The van der Waals surface area contributed by atoms with Gasteiger partial charge in [0.2, 0.25) is 0 Å². The molecular formula is C20H36BNO6. The molecule has 2 aliphatic heterocycles. The molecule has 7 nitrogen and oxygen atoms in total. The molecule has 2 rings (SSSR count). The Morgan fingerprint density at radius 2 is 1.71 bits per heavy atom. The molecule has 0 spiro atoms. The van der Waals surface area contributed by atoms with Crippen molar-refractivity contribution < 1.29 is 28.4 Å². The first-order valence-corrected chi connectivity index (χ1v) is 10.2. The molecule has 0 aliphatic carbocycles. The second-order valence-corrected chi connectivity index (χ2v) is 9.81. The summed E-state index contributed by atoms with van der Waals surface area (Å²) >= 11 is 0. The molecule has 160 valence electrons. The van der Waals surface area contributed by atoms with Crippen LogP contribution in [0.4, 0.5) is 4.79 Å². The van der Waals surface area contributed by atoms with E-state index in [0.717, 1.165) is 25.6 Å². The van der Waals surface area contributed by atoms with Crippen molar-refractivity contribution in [2.45, 2.75) is 96.9 Å². The molecule has 2 aliphatic rings. The quantitative estimate of drug-likeness (QED) is 0.521. The van der Waals surface area contributed by atoms with E-state index >= 15 is 0 Å². The molecule has 0 aromatic rings. The van der Waals surface area contributed by atoms with Gasteiger partial charge in [-0.05, 0) is 73.5 Å². The van der Waals surface area contributed by atoms with Crippen molar-refractivity contribution in [2.75, 3.05) is 13.7 Å². The zero-order valence-electron chi connectivity index (χ0n) is 18.7. The number of nitrogens with zero attached hydrogens (tertiary/aromatic N) is 1. The molecule has 0 aromatic carbocycles. The third-order valence-corrected chi connectivity index (χ3v) is 5.91. The lowest BCUT2D eigenvalue weighted by atomic mass is 9.80. The van der Waals surface area contributed by atoms with Gasteiger partial charge in [0.25, 0.3) is 0 Å². The van der Waals surface area contributed by atoms with Crippen LogP contribution in [0.15, 0.2) is 0 Å². The fourth-order valence-electron chi connectivity index (χ4n) is 3.75. The second kappa shape index (κ2) is 8.23. The monoisotopic (exact) mass is 397 g/mol. The summed E-state index contributed by atoms with van der Waals surface area (Å²) in [5.74, 6) is -0.341. The first-order chi connectivity index (χ1) is 12.8. The smallest absolute Gasteiger partial charge is 0.457 e. The molecule has 0 radical (unpaired) electrons. The second-order valence-electron chi connectivity index (χ2n) is 9.81. The SMILES string of the molecule is COC(=O)C1C(CCCB2OC(C)(C)C(C)(C)O2)CCN1C(=O)OC(C)(C)C. The Morgan fingerprint density at radius 1 is 1.14 bits per heavy atom. The normalized spacial score (nSPS) is 26.4. The van der Waals surface area contributed by atoms with Gasteiger partial charge in [0.05, 0.1) is 18.3 Å². The van der Waals surface area contributed by atoms with Crippen LogP contribution in [0, 0.1) is 5.92 Å². The number of ether oxygens (including phenoxy) is 2. The predicted molar refractivity (Wildman–Crippen MR) is 107 cm³/mol. The van der Waals surface area contributed by atoms with Crippen LogP contribution >= 0.6 is 0 Å². The van der Waals surface area contributed by atoms with Crippen LogP contribution < -0.4 is 0 Å². The minimum Gasteiger partial charge on any atom is -0.467 e. The number of esters is 1. The standard InChI is InChI=1S/C20H36BNO6/c1-18(2,3)26-17(24)22-13-11-14(15(22)16(23)25-8)10-9-12-21-27-19(4,5)20(6,7)28-21/h14-15H,9-13H2,1-8H3. The van der Waals surface area contributed by atoms with Gasteiger partial charge in [-0.2, -0.15) is 0 Å². The van der Waals surface area contributed by atoms with Crippen LogP contribution in [0.1, 0.15) is 67.7 Å². The van der Waals surface area contributed by atoms with E-state index in [2.05, 4.69) is 0 Å². The van der Waals surface area contributed by atoms with Crippen molar-refractivity contribution in [3.63, 3.8) is 0 Å². The maximum Gasteiger partial charge on any atom is 0.457 e. The minimum absolute atomic E-state index is 0.0439. The van der Waals surface area contributed by atoms with Crippen LogP contribution in [-0.4, -0.2) is 60.6 Å². The number of hydrogen-bond donors (Lipinski definition) is 0. The zero-order chi connectivity index (χ0) is 21.3. The topological polar surface area (TPSA) is 74.3 Å².